The lowest BCUT2D eigenvalue weighted by molar-refractivity contribution is -0.186. The molecule has 2 heterocycles. The summed E-state index contributed by atoms with van der Waals surface area (Å²) in [6.07, 6.45) is -4.53. The van der Waals surface area contributed by atoms with Crippen molar-refractivity contribution < 1.29 is 27.9 Å². The second-order valence-electron chi connectivity index (χ2n) is 3.88. The highest BCUT2D eigenvalue weighted by Gasteiger charge is 2.60. The number of carboxylic acids is 1. The molecule has 1 amide bonds. The minimum atomic E-state index is -4.90. The molecule has 4 nitrogen and oxygen atoms in total. The number of alkyl halides is 3. The molecule has 1 saturated carbocycles. The van der Waals surface area contributed by atoms with E-state index < -0.39 is 30.0 Å². The zero-order chi connectivity index (χ0) is 11.4. The van der Waals surface area contributed by atoms with Crippen molar-refractivity contribution in [2.75, 3.05) is 6.54 Å². The fraction of sp³-hybridized carbons (Fsp3) is 0.750. The van der Waals surface area contributed by atoms with Crippen molar-refractivity contribution in [3.05, 3.63) is 0 Å². The number of halogens is 3. The van der Waals surface area contributed by atoms with Gasteiger partial charge in [-0.2, -0.15) is 13.2 Å². The highest BCUT2D eigenvalue weighted by atomic mass is 19.4. The molecule has 3 rings (SSSR count). The van der Waals surface area contributed by atoms with Crippen molar-refractivity contribution in [2.24, 2.45) is 11.8 Å². The number of hydrogen-bond acceptors (Lipinski definition) is 2. The number of aliphatic carboxylic acids is 1. The maximum absolute atomic E-state index is 12.1. The molecule has 3 atom stereocenters. The minimum Gasteiger partial charge on any atom is -0.481 e. The number of carbonyl (C=O) groups excluding carboxylic acids is 1. The average molecular weight is 223 g/mol. The Balaban J connectivity index is 2.11. The van der Waals surface area contributed by atoms with Crippen LogP contribution in [0.25, 0.3) is 0 Å². The van der Waals surface area contributed by atoms with Crippen molar-refractivity contribution in [1.29, 1.82) is 0 Å². The number of fused-ring (bicyclic) bond motifs is 1. The van der Waals surface area contributed by atoms with Crippen molar-refractivity contribution >= 4 is 11.9 Å². The third-order valence-electron chi connectivity index (χ3n) is 3.09. The molecule has 2 aliphatic heterocycles. The van der Waals surface area contributed by atoms with E-state index >= 15 is 0 Å². The predicted molar refractivity (Wildman–Crippen MR) is 40.8 cm³/mol. The summed E-state index contributed by atoms with van der Waals surface area (Å²) < 4.78 is 36.2. The Bertz CT molecular complexity index is 328. The summed E-state index contributed by atoms with van der Waals surface area (Å²) in [6, 6.07) is -0.762. The highest BCUT2D eigenvalue weighted by Crippen LogP contribution is 2.47. The highest BCUT2D eigenvalue weighted by molar-refractivity contribution is 5.85. The van der Waals surface area contributed by atoms with Gasteiger partial charge in [-0.25, -0.2) is 0 Å². The Hall–Kier alpha value is -1.27. The van der Waals surface area contributed by atoms with Gasteiger partial charge in [-0.1, -0.05) is 0 Å². The van der Waals surface area contributed by atoms with E-state index in [0.29, 0.717) is 11.3 Å². The number of amides is 1. The minimum absolute atomic E-state index is 0.0834. The molecule has 15 heavy (non-hydrogen) atoms. The first-order valence-corrected chi connectivity index (χ1v) is 4.43. The summed E-state index contributed by atoms with van der Waals surface area (Å²) in [6.45, 7) is -0.0834. The zero-order valence-electron chi connectivity index (χ0n) is 7.49. The van der Waals surface area contributed by atoms with Crippen molar-refractivity contribution in [1.82, 2.24) is 4.90 Å². The normalized spacial score (nSPS) is 33.8. The van der Waals surface area contributed by atoms with E-state index in [1.54, 1.807) is 0 Å². The molecule has 0 unspecified atom stereocenters. The van der Waals surface area contributed by atoms with Gasteiger partial charge in [-0.05, 0) is 12.3 Å². The van der Waals surface area contributed by atoms with E-state index in [0.717, 1.165) is 0 Å². The quantitative estimate of drug-likeness (QED) is 0.703. The van der Waals surface area contributed by atoms with Crippen LogP contribution in [-0.4, -0.2) is 40.6 Å². The van der Waals surface area contributed by atoms with Crippen LogP contribution in [0, 0.1) is 11.8 Å². The fourth-order valence-electron chi connectivity index (χ4n) is 2.38. The second kappa shape index (κ2) is 2.86. The molecule has 0 spiro atoms. The lowest BCUT2D eigenvalue weighted by Crippen LogP contribution is -2.48. The van der Waals surface area contributed by atoms with Gasteiger partial charge in [0.15, 0.2) is 0 Å². The first-order valence-electron chi connectivity index (χ1n) is 4.43. The lowest BCUT2D eigenvalue weighted by atomic mass is 9.74. The van der Waals surface area contributed by atoms with Crippen LogP contribution >= 0.6 is 0 Å². The summed E-state index contributed by atoms with van der Waals surface area (Å²) >= 11 is 0. The molecule has 2 saturated heterocycles. The van der Waals surface area contributed by atoms with E-state index in [9.17, 15) is 22.8 Å². The number of carboxylic acid groups (broad SMARTS) is 1. The Labute approximate surface area is 82.7 Å². The smallest absolute Gasteiger partial charge is 0.471 e. The van der Waals surface area contributed by atoms with Crippen LogP contribution in [0.15, 0.2) is 0 Å². The SMILES string of the molecule is O=C(O)[C@@H]1[C@H]2C[C@@H]1N(C(=O)C(F)(F)F)C2. The van der Waals surface area contributed by atoms with E-state index in [2.05, 4.69) is 0 Å². The molecule has 3 aliphatic rings. The number of hydrogen-bond donors (Lipinski definition) is 1. The van der Waals surface area contributed by atoms with Gasteiger partial charge in [-0.3, -0.25) is 9.59 Å². The maximum Gasteiger partial charge on any atom is 0.471 e. The van der Waals surface area contributed by atoms with Crippen LogP contribution in [0.4, 0.5) is 13.2 Å². The van der Waals surface area contributed by atoms with Gasteiger partial charge in [0.2, 0.25) is 0 Å². The monoisotopic (exact) mass is 223 g/mol. The molecule has 7 heteroatoms. The molecule has 2 bridgehead atoms. The third-order valence-corrected chi connectivity index (χ3v) is 3.09. The molecule has 0 aromatic carbocycles. The molecule has 84 valence electrons. The van der Waals surface area contributed by atoms with E-state index in [-0.39, 0.29) is 12.5 Å². The van der Waals surface area contributed by atoms with Gasteiger partial charge >= 0.3 is 18.1 Å². The maximum atomic E-state index is 12.1. The molecule has 1 aliphatic carbocycles. The molecule has 0 aromatic heterocycles. The number of nitrogens with zero attached hydrogens (tertiary/aromatic N) is 1. The number of rotatable bonds is 1. The van der Waals surface area contributed by atoms with Gasteiger partial charge in [0, 0.05) is 12.6 Å². The van der Waals surface area contributed by atoms with E-state index in [4.69, 9.17) is 5.11 Å². The summed E-state index contributed by atoms with van der Waals surface area (Å²) in [5.41, 5.74) is 0. The average Bonchev–Trinajstić information content (AvgIpc) is 2.55. The van der Waals surface area contributed by atoms with Crippen molar-refractivity contribution in [2.45, 2.75) is 18.6 Å². The molecular formula is C8H8F3NO3. The van der Waals surface area contributed by atoms with Gasteiger partial charge in [0.25, 0.3) is 0 Å². The van der Waals surface area contributed by atoms with E-state index in [1.807, 2.05) is 0 Å². The second-order valence-corrected chi connectivity index (χ2v) is 3.88. The molecular weight excluding hydrogens is 215 g/mol. The zero-order valence-corrected chi connectivity index (χ0v) is 7.49. The lowest BCUT2D eigenvalue weighted by Gasteiger charge is -2.33. The van der Waals surface area contributed by atoms with Crippen LogP contribution in [0.1, 0.15) is 6.42 Å². The summed E-state index contributed by atoms with van der Waals surface area (Å²) in [4.78, 5) is 22.2. The molecule has 3 fully saturated rings. The van der Waals surface area contributed by atoms with Gasteiger partial charge < -0.3 is 10.0 Å². The van der Waals surface area contributed by atoms with Crippen LogP contribution in [0.3, 0.4) is 0 Å². The Morgan fingerprint density at radius 3 is 2.33 bits per heavy atom. The van der Waals surface area contributed by atoms with Crippen LogP contribution < -0.4 is 0 Å². The van der Waals surface area contributed by atoms with Crippen LogP contribution in [-0.2, 0) is 9.59 Å². The van der Waals surface area contributed by atoms with Crippen molar-refractivity contribution in [3.8, 4) is 0 Å². The summed E-state index contributed by atoms with van der Waals surface area (Å²) in [5.74, 6) is -4.15. The molecule has 1 N–H and O–H groups in total. The van der Waals surface area contributed by atoms with E-state index in [1.165, 1.54) is 0 Å². The first kappa shape index (κ1) is 10.3. The summed E-state index contributed by atoms with van der Waals surface area (Å²) in [7, 11) is 0. The fourth-order valence-corrected chi connectivity index (χ4v) is 2.38. The van der Waals surface area contributed by atoms with Crippen molar-refractivity contribution in [3.63, 3.8) is 0 Å². The summed E-state index contributed by atoms with van der Waals surface area (Å²) in [5, 5.41) is 8.70. The largest absolute Gasteiger partial charge is 0.481 e. The van der Waals surface area contributed by atoms with Gasteiger partial charge in [-0.15, -0.1) is 0 Å². The Morgan fingerprint density at radius 2 is 1.93 bits per heavy atom. The van der Waals surface area contributed by atoms with Gasteiger partial charge in [0.05, 0.1) is 5.92 Å². The number of carbonyl (C=O) groups is 2. The molecule has 0 aromatic rings. The first-order chi connectivity index (χ1) is 6.82. The topological polar surface area (TPSA) is 57.6 Å². The Kier molecular flexibility index (Phi) is 1.96. The predicted octanol–water partition coefficient (Wildman–Crippen LogP) is 0.480. The van der Waals surface area contributed by atoms with Crippen LogP contribution in [0.5, 0.6) is 0 Å². The standard InChI is InChI=1S/C8H8F3NO3/c9-8(10,11)7(15)12-2-3-1-4(12)5(3)6(13)14/h3-5H,1-2H2,(H,13,14)/t3-,4-,5+/m0/s1. The third kappa shape index (κ3) is 1.37. The van der Waals surface area contributed by atoms with Gasteiger partial charge in [0.1, 0.15) is 0 Å². The molecule has 0 radical (unpaired) electrons. The van der Waals surface area contributed by atoms with Crippen LogP contribution in [0.2, 0.25) is 0 Å². The Morgan fingerprint density at radius 1 is 1.33 bits per heavy atom.